The summed E-state index contributed by atoms with van der Waals surface area (Å²) in [5.41, 5.74) is 4.38. The molecule has 1 aliphatic rings. The lowest BCUT2D eigenvalue weighted by atomic mass is 10.1. The number of rotatable bonds is 4. The third-order valence-electron chi connectivity index (χ3n) is 5.84. The molecule has 0 saturated heterocycles. The van der Waals surface area contributed by atoms with Crippen LogP contribution < -0.4 is 20.3 Å². The Morgan fingerprint density at radius 3 is 2.74 bits per heavy atom. The van der Waals surface area contributed by atoms with E-state index < -0.39 is 0 Å². The number of fused-ring (bicyclic) bond motifs is 4. The van der Waals surface area contributed by atoms with Gasteiger partial charge in [-0.3, -0.25) is 9.59 Å². The number of carbonyl (C=O) groups excluding carboxylic acids is 1. The fraction of sp³-hybridized carbons (Fsp3) is 0.120. The number of aromatic amines is 1. The van der Waals surface area contributed by atoms with Gasteiger partial charge in [0.25, 0.3) is 11.5 Å². The summed E-state index contributed by atoms with van der Waals surface area (Å²) in [6, 6.07) is 18.2. The summed E-state index contributed by atoms with van der Waals surface area (Å²) in [4.78, 5) is 29.8. The standard InChI is InChI=1S/C25H19N5O4/c1-14-2-5-16(6-3-14)22-23-27-25(32)18-8-7-17(11-19(18)30(23)29-28-22)24(31)26-12-15-4-9-20-21(10-15)34-13-33-20/h2-11,29H,12-13H2,1H3,(H,26,31). The van der Waals surface area contributed by atoms with Crippen molar-refractivity contribution in [3.05, 3.63) is 87.7 Å². The molecule has 168 valence electrons. The molecule has 1 amide bonds. The van der Waals surface area contributed by atoms with E-state index in [-0.39, 0.29) is 18.3 Å². The van der Waals surface area contributed by atoms with Gasteiger partial charge in [-0.25, -0.2) is 9.73 Å². The molecule has 0 atom stereocenters. The highest BCUT2D eigenvalue weighted by atomic mass is 16.7. The van der Waals surface area contributed by atoms with Gasteiger partial charge in [-0.1, -0.05) is 35.9 Å². The second kappa shape index (κ2) is 7.73. The van der Waals surface area contributed by atoms with Crippen LogP contribution in [0, 0.1) is 6.92 Å². The second-order valence-electron chi connectivity index (χ2n) is 8.10. The van der Waals surface area contributed by atoms with Crippen molar-refractivity contribution in [3.8, 4) is 22.8 Å². The normalized spacial score (nSPS) is 12.4. The van der Waals surface area contributed by atoms with Crippen molar-refractivity contribution in [2.45, 2.75) is 13.5 Å². The summed E-state index contributed by atoms with van der Waals surface area (Å²) in [7, 11) is 0. The van der Waals surface area contributed by atoms with Gasteiger partial charge in [-0.05, 0) is 42.8 Å². The van der Waals surface area contributed by atoms with Crippen LogP contribution in [0.15, 0.2) is 65.5 Å². The molecular weight excluding hydrogens is 434 g/mol. The zero-order chi connectivity index (χ0) is 23.2. The molecule has 6 rings (SSSR count). The maximum atomic E-state index is 12.9. The van der Waals surface area contributed by atoms with Gasteiger partial charge >= 0.3 is 0 Å². The molecule has 1 aliphatic heterocycles. The van der Waals surface area contributed by atoms with E-state index in [1.54, 1.807) is 22.7 Å². The highest BCUT2D eigenvalue weighted by molar-refractivity contribution is 5.98. The van der Waals surface area contributed by atoms with Gasteiger partial charge in [0, 0.05) is 17.7 Å². The molecule has 0 aliphatic carbocycles. The number of ether oxygens (including phenoxy) is 2. The number of aryl methyl sites for hydroxylation is 1. The molecule has 0 fully saturated rings. The Balaban J connectivity index is 1.33. The molecule has 5 aromatic rings. The summed E-state index contributed by atoms with van der Waals surface area (Å²) < 4.78 is 12.3. The number of aromatic nitrogens is 4. The lowest BCUT2D eigenvalue weighted by molar-refractivity contribution is 0.0951. The Bertz CT molecular complexity index is 1640. The first-order valence-electron chi connectivity index (χ1n) is 10.7. The van der Waals surface area contributed by atoms with Crippen molar-refractivity contribution in [2.24, 2.45) is 0 Å². The fourth-order valence-electron chi connectivity index (χ4n) is 4.01. The van der Waals surface area contributed by atoms with E-state index in [9.17, 15) is 9.59 Å². The van der Waals surface area contributed by atoms with Crippen LogP contribution in [0.4, 0.5) is 0 Å². The van der Waals surface area contributed by atoms with Crippen molar-refractivity contribution >= 4 is 22.5 Å². The van der Waals surface area contributed by atoms with Crippen molar-refractivity contribution in [3.63, 3.8) is 0 Å². The SMILES string of the molecule is Cc1ccc(-c2n[nH]n3c2nc(=O)c2ccc(C(=O)NCc4ccc5c(c4)OCO5)cc23)cc1. The summed E-state index contributed by atoms with van der Waals surface area (Å²) >= 11 is 0. The second-order valence-corrected chi connectivity index (χ2v) is 8.10. The number of H-pyrrole nitrogens is 1. The summed E-state index contributed by atoms with van der Waals surface area (Å²) in [6.45, 7) is 2.52. The summed E-state index contributed by atoms with van der Waals surface area (Å²) in [6.07, 6.45) is 0. The van der Waals surface area contributed by atoms with E-state index in [1.165, 1.54) is 0 Å². The van der Waals surface area contributed by atoms with Gasteiger partial charge in [-0.15, -0.1) is 0 Å². The average Bonchev–Trinajstić information content (AvgIpc) is 3.49. The fourth-order valence-corrected chi connectivity index (χ4v) is 4.01. The Hall–Kier alpha value is -4.66. The molecule has 3 heterocycles. The first kappa shape index (κ1) is 20.0. The molecule has 9 nitrogen and oxygen atoms in total. The van der Waals surface area contributed by atoms with Crippen molar-refractivity contribution in [1.29, 1.82) is 0 Å². The lowest BCUT2D eigenvalue weighted by Gasteiger charge is -2.08. The first-order valence-corrected chi connectivity index (χ1v) is 10.7. The molecule has 0 spiro atoms. The Labute approximate surface area is 192 Å². The number of nitrogens with zero attached hydrogens (tertiary/aromatic N) is 3. The minimum atomic E-state index is -0.378. The van der Waals surface area contributed by atoms with Gasteiger partial charge < -0.3 is 14.8 Å². The molecule has 0 saturated carbocycles. The highest BCUT2D eigenvalue weighted by Crippen LogP contribution is 2.32. The van der Waals surface area contributed by atoms with Crippen LogP contribution in [0.2, 0.25) is 0 Å². The van der Waals surface area contributed by atoms with Gasteiger partial charge in [0.1, 0.15) is 5.69 Å². The zero-order valence-corrected chi connectivity index (χ0v) is 18.2. The number of carbonyl (C=O) groups is 1. The topological polar surface area (TPSA) is 111 Å². The maximum absolute atomic E-state index is 12.9. The minimum absolute atomic E-state index is 0.199. The van der Waals surface area contributed by atoms with Gasteiger partial charge in [0.05, 0.1) is 10.9 Å². The molecule has 34 heavy (non-hydrogen) atoms. The molecule has 2 N–H and O–H groups in total. The smallest absolute Gasteiger partial charge is 0.281 e. The monoisotopic (exact) mass is 453 g/mol. The number of hydrogen-bond acceptors (Lipinski definition) is 6. The predicted molar refractivity (Wildman–Crippen MR) is 125 cm³/mol. The summed E-state index contributed by atoms with van der Waals surface area (Å²) in [5.74, 6) is 1.09. The molecular formula is C25H19N5O4. The molecule has 2 aromatic heterocycles. The third kappa shape index (κ3) is 3.34. The van der Waals surface area contributed by atoms with Crippen LogP contribution in [0.5, 0.6) is 11.5 Å². The van der Waals surface area contributed by atoms with E-state index >= 15 is 0 Å². The van der Waals surface area contributed by atoms with E-state index in [0.29, 0.717) is 45.9 Å². The van der Waals surface area contributed by atoms with Crippen LogP contribution >= 0.6 is 0 Å². The average molecular weight is 453 g/mol. The van der Waals surface area contributed by atoms with Crippen molar-refractivity contribution in [1.82, 2.24) is 25.1 Å². The number of benzene rings is 3. The third-order valence-corrected chi connectivity index (χ3v) is 5.84. The summed E-state index contributed by atoms with van der Waals surface area (Å²) in [5, 5.41) is 10.6. The van der Waals surface area contributed by atoms with Crippen LogP contribution in [0.1, 0.15) is 21.5 Å². The van der Waals surface area contributed by atoms with Gasteiger partial charge in [0.15, 0.2) is 17.1 Å². The largest absolute Gasteiger partial charge is 0.454 e. The Morgan fingerprint density at radius 2 is 1.88 bits per heavy atom. The molecule has 0 radical (unpaired) electrons. The minimum Gasteiger partial charge on any atom is -0.454 e. The zero-order valence-electron chi connectivity index (χ0n) is 18.2. The Morgan fingerprint density at radius 1 is 1.06 bits per heavy atom. The highest BCUT2D eigenvalue weighted by Gasteiger charge is 2.17. The number of hydrogen-bond donors (Lipinski definition) is 2. The van der Waals surface area contributed by atoms with Crippen LogP contribution in [0.25, 0.3) is 27.8 Å². The van der Waals surface area contributed by atoms with E-state index in [2.05, 4.69) is 20.6 Å². The maximum Gasteiger partial charge on any atom is 0.281 e. The lowest BCUT2D eigenvalue weighted by Crippen LogP contribution is -2.23. The van der Waals surface area contributed by atoms with E-state index in [1.807, 2.05) is 49.4 Å². The Kier molecular flexibility index (Phi) is 4.54. The van der Waals surface area contributed by atoms with Crippen LogP contribution in [-0.2, 0) is 6.54 Å². The van der Waals surface area contributed by atoms with Gasteiger partial charge in [0.2, 0.25) is 6.79 Å². The molecule has 9 heteroatoms. The number of amides is 1. The first-order chi connectivity index (χ1) is 16.6. The van der Waals surface area contributed by atoms with Crippen LogP contribution in [0.3, 0.4) is 0 Å². The quantitative estimate of drug-likeness (QED) is 0.432. The molecule has 3 aromatic carbocycles. The number of nitrogens with one attached hydrogen (secondary N) is 2. The molecule has 0 unspecified atom stereocenters. The van der Waals surface area contributed by atoms with E-state index in [0.717, 1.165) is 16.7 Å². The van der Waals surface area contributed by atoms with Crippen LogP contribution in [-0.4, -0.2) is 32.5 Å². The predicted octanol–water partition coefficient (Wildman–Crippen LogP) is 3.20. The molecule has 0 bridgehead atoms. The van der Waals surface area contributed by atoms with E-state index in [4.69, 9.17) is 9.47 Å². The van der Waals surface area contributed by atoms with Gasteiger partial charge in [-0.2, -0.15) is 10.1 Å². The van der Waals surface area contributed by atoms with Crippen molar-refractivity contribution < 1.29 is 14.3 Å². The van der Waals surface area contributed by atoms with Crippen molar-refractivity contribution in [2.75, 3.05) is 6.79 Å².